The van der Waals surface area contributed by atoms with Crippen LogP contribution in [0.5, 0.6) is 0 Å². The lowest BCUT2D eigenvalue weighted by molar-refractivity contribution is 0.568. The highest BCUT2D eigenvalue weighted by molar-refractivity contribution is 7.09. The number of benzene rings is 1. The summed E-state index contributed by atoms with van der Waals surface area (Å²) in [6, 6.07) is 7.87. The number of rotatable bonds is 4. The number of nitrogens with zero attached hydrogens (tertiary/aromatic N) is 3. The van der Waals surface area contributed by atoms with Gasteiger partial charge in [0.15, 0.2) is 0 Å². The van der Waals surface area contributed by atoms with E-state index in [9.17, 15) is 0 Å². The molecule has 2 aromatic heterocycles. The van der Waals surface area contributed by atoms with Gasteiger partial charge in [-0.05, 0) is 31.2 Å². The lowest BCUT2D eigenvalue weighted by Gasteiger charge is -2.04. The van der Waals surface area contributed by atoms with Crippen LogP contribution >= 0.6 is 11.3 Å². The fourth-order valence-electron chi connectivity index (χ4n) is 1.69. The third-order valence-electron chi connectivity index (χ3n) is 2.60. The van der Waals surface area contributed by atoms with Gasteiger partial charge in [-0.1, -0.05) is 0 Å². The van der Waals surface area contributed by atoms with Gasteiger partial charge in [-0.2, -0.15) is 0 Å². The van der Waals surface area contributed by atoms with E-state index in [0.717, 1.165) is 28.5 Å². The van der Waals surface area contributed by atoms with Crippen LogP contribution in [0.1, 0.15) is 10.7 Å². The quantitative estimate of drug-likeness (QED) is 0.790. The van der Waals surface area contributed by atoms with Gasteiger partial charge in [-0.25, -0.2) is 4.98 Å². The minimum atomic E-state index is 0.530. The molecule has 0 aliphatic carbocycles. The molecule has 19 heavy (non-hydrogen) atoms. The Labute approximate surface area is 114 Å². The number of hydrogen-bond acceptors (Lipinski definition) is 6. The smallest absolute Gasteiger partial charge is 0.247 e. The van der Waals surface area contributed by atoms with Gasteiger partial charge in [-0.3, -0.25) is 0 Å². The molecule has 0 unspecified atom stereocenters. The van der Waals surface area contributed by atoms with Crippen molar-refractivity contribution in [1.29, 1.82) is 0 Å². The number of anilines is 1. The zero-order valence-electron chi connectivity index (χ0n) is 10.3. The number of thiazole rings is 1. The van der Waals surface area contributed by atoms with Crippen LogP contribution in [0.4, 0.5) is 5.69 Å². The van der Waals surface area contributed by atoms with Crippen LogP contribution in [0.25, 0.3) is 11.5 Å². The maximum absolute atomic E-state index is 5.14. The van der Waals surface area contributed by atoms with E-state index >= 15 is 0 Å². The van der Waals surface area contributed by atoms with E-state index in [0.29, 0.717) is 5.89 Å². The first kappa shape index (κ1) is 11.9. The molecule has 2 heterocycles. The summed E-state index contributed by atoms with van der Waals surface area (Å²) in [5.74, 6) is 0.530. The molecule has 0 fully saturated rings. The van der Waals surface area contributed by atoms with Crippen molar-refractivity contribution in [2.24, 2.45) is 0 Å². The molecule has 0 bridgehead atoms. The van der Waals surface area contributed by atoms with Crippen LogP contribution in [0.2, 0.25) is 0 Å². The average Bonchev–Trinajstić information content (AvgIpc) is 3.08. The second-order valence-electron chi connectivity index (χ2n) is 4.06. The Hall–Kier alpha value is -2.21. The molecule has 5 nitrogen and oxygen atoms in total. The SMILES string of the molecule is Cc1csc(CNc2ccc(-c3nnco3)cc2)n1. The van der Waals surface area contributed by atoms with Crippen molar-refractivity contribution < 1.29 is 4.42 Å². The molecule has 0 saturated heterocycles. The van der Waals surface area contributed by atoms with Gasteiger partial charge in [0.2, 0.25) is 12.3 Å². The zero-order chi connectivity index (χ0) is 13.1. The highest BCUT2D eigenvalue weighted by Crippen LogP contribution is 2.19. The van der Waals surface area contributed by atoms with Crippen molar-refractivity contribution in [2.45, 2.75) is 13.5 Å². The number of aromatic nitrogens is 3. The largest absolute Gasteiger partial charge is 0.423 e. The monoisotopic (exact) mass is 272 g/mol. The molecule has 6 heteroatoms. The number of nitrogens with one attached hydrogen (secondary N) is 1. The highest BCUT2D eigenvalue weighted by Gasteiger charge is 2.03. The minimum absolute atomic E-state index is 0.530. The molecule has 3 rings (SSSR count). The Kier molecular flexibility index (Phi) is 3.24. The summed E-state index contributed by atoms with van der Waals surface area (Å²) in [6.45, 7) is 2.73. The zero-order valence-corrected chi connectivity index (χ0v) is 11.1. The van der Waals surface area contributed by atoms with Gasteiger partial charge in [0, 0.05) is 22.3 Å². The molecule has 3 aromatic rings. The predicted molar refractivity (Wildman–Crippen MR) is 73.9 cm³/mol. The third kappa shape index (κ3) is 2.79. The maximum Gasteiger partial charge on any atom is 0.247 e. The molecule has 0 atom stereocenters. The first-order valence-electron chi connectivity index (χ1n) is 5.83. The van der Waals surface area contributed by atoms with Gasteiger partial charge < -0.3 is 9.73 Å². The summed E-state index contributed by atoms with van der Waals surface area (Å²) in [5.41, 5.74) is 3.01. The van der Waals surface area contributed by atoms with E-state index in [-0.39, 0.29) is 0 Å². The summed E-state index contributed by atoms with van der Waals surface area (Å²) < 4.78 is 5.14. The van der Waals surface area contributed by atoms with Gasteiger partial charge in [0.25, 0.3) is 0 Å². The van der Waals surface area contributed by atoms with Gasteiger partial charge in [0.1, 0.15) is 5.01 Å². The molecule has 0 radical (unpaired) electrons. The molecular weight excluding hydrogens is 260 g/mol. The van der Waals surface area contributed by atoms with E-state index in [2.05, 4.69) is 25.9 Å². The standard InChI is InChI=1S/C13H12N4OS/c1-9-7-19-12(16-9)6-14-11-4-2-10(3-5-11)13-17-15-8-18-13/h2-5,7-8,14H,6H2,1H3. The topological polar surface area (TPSA) is 63.8 Å². The van der Waals surface area contributed by atoms with Gasteiger partial charge >= 0.3 is 0 Å². The summed E-state index contributed by atoms with van der Waals surface area (Å²) in [6.07, 6.45) is 1.33. The van der Waals surface area contributed by atoms with E-state index in [4.69, 9.17) is 4.42 Å². The number of hydrogen-bond donors (Lipinski definition) is 1. The number of aryl methyl sites for hydroxylation is 1. The Morgan fingerprint density at radius 3 is 2.74 bits per heavy atom. The molecule has 0 amide bonds. The molecule has 1 N–H and O–H groups in total. The fourth-order valence-corrected chi connectivity index (χ4v) is 2.40. The molecule has 0 saturated carbocycles. The molecule has 0 aliphatic rings. The summed E-state index contributed by atoms with van der Waals surface area (Å²) >= 11 is 1.66. The van der Waals surface area contributed by atoms with Crippen molar-refractivity contribution in [1.82, 2.24) is 15.2 Å². The van der Waals surface area contributed by atoms with Crippen molar-refractivity contribution in [3.05, 3.63) is 46.7 Å². The van der Waals surface area contributed by atoms with Crippen molar-refractivity contribution in [3.8, 4) is 11.5 Å². The van der Waals surface area contributed by atoms with Crippen LogP contribution in [0, 0.1) is 6.92 Å². The van der Waals surface area contributed by atoms with E-state index in [1.165, 1.54) is 6.39 Å². The van der Waals surface area contributed by atoms with Crippen molar-refractivity contribution in [2.75, 3.05) is 5.32 Å². The van der Waals surface area contributed by atoms with Crippen LogP contribution in [-0.2, 0) is 6.54 Å². The Morgan fingerprint density at radius 2 is 2.11 bits per heavy atom. The summed E-state index contributed by atoms with van der Waals surface area (Å²) in [4.78, 5) is 4.41. The summed E-state index contributed by atoms with van der Waals surface area (Å²) in [7, 11) is 0. The molecule has 0 spiro atoms. The van der Waals surface area contributed by atoms with Gasteiger partial charge in [-0.15, -0.1) is 21.5 Å². The second kappa shape index (κ2) is 5.19. The summed E-state index contributed by atoms with van der Waals surface area (Å²) in [5, 5.41) is 14.0. The Balaban J connectivity index is 1.66. The molecule has 96 valence electrons. The maximum atomic E-state index is 5.14. The Bertz CT molecular complexity index is 646. The predicted octanol–water partition coefficient (Wildman–Crippen LogP) is 3.11. The van der Waals surface area contributed by atoms with Crippen LogP contribution in [0.15, 0.2) is 40.5 Å². The van der Waals surface area contributed by atoms with E-state index in [1.54, 1.807) is 11.3 Å². The van der Waals surface area contributed by atoms with Crippen LogP contribution in [-0.4, -0.2) is 15.2 Å². The lowest BCUT2D eigenvalue weighted by Crippen LogP contribution is -1.98. The highest BCUT2D eigenvalue weighted by atomic mass is 32.1. The Morgan fingerprint density at radius 1 is 1.26 bits per heavy atom. The molecular formula is C13H12N4OS. The second-order valence-corrected chi connectivity index (χ2v) is 5.00. The van der Waals surface area contributed by atoms with E-state index in [1.807, 2.05) is 31.2 Å². The molecule has 1 aromatic carbocycles. The first-order valence-corrected chi connectivity index (χ1v) is 6.71. The normalized spacial score (nSPS) is 10.6. The lowest BCUT2D eigenvalue weighted by atomic mass is 10.2. The first-order chi connectivity index (χ1) is 9.31. The average molecular weight is 272 g/mol. The van der Waals surface area contributed by atoms with Gasteiger partial charge in [0.05, 0.1) is 6.54 Å². The van der Waals surface area contributed by atoms with Crippen molar-refractivity contribution in [3.63, 3.8) is 0 Å². The fraction of sp³-hybridized carbons (Fsp3) is 0.154. The third-order valence-corrected chi connectivity index (χ3v) is 3.57. The van der Waals surface area contributed by atoms with Crippen LogP contribution in [0.3, 0.4) is 0 Å². The minimum Gasteiger partial charge on any atom is -0.423 e. The van der Waals surface area contributed by atoms with Crippen molar-refractivity contribution >= 4 is 17.0 Å². The van der Waals surface area contributed by atoms with E-state index < -0.39 is 0 Å². The van der Waals surface area contributed by atoms with Crippen LogP contribution < -0.4 is 5.32 Å². The molecule has 0 aliphatic heterocycles.